The summed E-state index contributed by atoms with van der Waals surface area (Å²) in [7, 11) is 0. The standard InChI is InChI=1S/C25H22F4N4OS/c26-23-15-20(25(27,28)29)8-6-19(23)7-11-24-31-21(17-35-24)16-34-22-9-4-18(5-10-22)3-1-2-13-33-14-12-30-32-33/h4-12,14-15,17H,1-3,13,16H2. The van der Waals surface area contributed by atoms with Crippen LogP contribution in [-0.2, 0) is 25.7 Å². The first kappa shape index (κ1) is 24.6. The van der Waals surface area contributed by atoms with Crippen molar-refractivity contribution in [3.63, 3.8) is 0 Å². The van der Waals surface area contributed by atoms with Crippen LogP contribution in [0.25, 0.3) is 12.2 Å². The Morgan fingerprint density at radius 2 is 1.86 bits per heavy atom. The molecule has 0 saturated heterocycles. The number of benzene rings is 2. The van der Waals surface area contributed by atoms with Gasteiger partial charge in [-0.1, -0.05) is 23.4 Å². The minimum atomic E-state index is -4.58. The van der Waals surface area contributed by atoms with Crippen LogP contribution in [0.5, 0.6) is 5.75 Å². The summed E-state index contributed by atoms with van der Waals surface area (Å²) in [5.74, 6) is -0.205. The van der Waals surface area contributed by atoms with Crippen LogP contribution < -0.4 is 4.74 Å². The summed E-state index contributed by atoms with van der Waals surface area (Å²) in [5.41, 5.74) is 0.980. The number of thiazole rings is 1. The van der Waals surface area contributed by atoms with Gasteiger partial charge in [-0.3, -0.25) is 4.68 Å². The van der Waals surface area contributed by atoms with Gasteiger partial charge in [-0.2, -0.15) is 13.2 Å². The predicted molar refractivity (Wildman–Crippen MR) is 126 cm³/mol. The Hall–Kier alpha value is -3.53. The van der Waals surface area contributed by atoms with Gasteiger partial charge in [-0.05, 0) is 61.2 Å². The summed E-state index contributed by atoms with van der Waals surface area (Å²) in [4.78, 5) is 4.41. The third-order valence-corrected chi connectivity index (χ3v) is 6.05. The summed E-state index contributed by atoms with van der Waals surface area (Å²) in [6.07, 6.45) is 4.96. The quantitative estimate of drug-likeness (QED) is 0.180. The third-order valence-electron chi connectivity index (χ3n) is 5.19. The van der Waals surface area contributed by atoms with Crippen LogP contribution in [0.1, 0.15) is 40.2 Å². The molecule has 35 heavy (non-hydrogen) atoms. The van der Waals surface area contributed by atoms with E-state index in [9.17, 15) is 17.6 Å². The maximum Gasteiger partial charge on any atom is 0.416 e. The molecule has 0 aliphatic heterocycles. The van der Waals surface area contributed by atoms with Gasteiger partial charge in [-0.15, -0.1) is 16.4 Å². The zero-order chi connectivity index (χ0) is 24.7. The number of alkyl halides is 3. The lowest BCUT2D eigenvalue weighted by atomic mass is 10.1. The average molecular weight is 503 g/mol. The third kappa shape index (κ3) is 7.22. The second kappa shape index (κ2) is 11.3. The van der Waals surface area contributed by atoms with E-state index in [-0.39, 0.29) is 12.2 Å². The first-order valence-electron chi connectivity index (χ1n) is 10.9. The molecule has 0 spiro atoms. The van der Waals surface area contributed by atoms with Crippen LogP contribution in [0.3, 0.4) is 0 Å². The lowest BCUT2D eigenvalue weighted by molar-refractivity contribution is -0.137. The Balaban J connectivity index is 1.24. The minimum Gasteiger partial charge on any atom is -0.487 e. The Bertz CT molecular complexity index is 1250. The molecule has 0 saturated carbocycles. The molecule has 0 aliphatic rings. The van der Waals surface area contributed by atoms with Crippen LogP contribution >= 0.6 is 11.3 Å². The van der Waals surface area contributed by atoms with E-state index >= 15 is 0 Å². The largest absolute Gasteiger partial charge is 0.487 e. The van der Waals surface area contributed by atoms with Crippen LogP contribution in [0.2, 0.25) is 0 Å². The first-order valence-corrected chi connectivity index (χ1v) is 11.8. The highest BCUT2D eigenvalue weighted by molar-refractivity contribution is 7.10. The van der Waals surface area contributed by atoms with Crippen molar-refractivity contribution in [3.05, 3.63) is 93.4 Å². The van der Waals surface area contributed by atoms with Gasteiger partial charge in [0.05, 0.1) is 17.5 Å². The molecule has 4 aromatic rings. The van der Waals surface area contributed by atoms with Gasteiger partial charge in [0.2, 0.25) is 0 Å². The maximum absolute atomic E-state index is 14.0. The van der Waals surface area contributed by atoms with Crippen molar-refractivity contribution in [2.75, 3.05) is 0 Å². The summed E-state index contributed by atoms with van der Waals surface area (Å²) in [6, 6.07) is 10.4. The van der Waals surface area contributed by atoms with Gasteiger partial charge in [-0.25, -0.2) is 9.37 Å². The van der Waals surface area contributed by atoms with Gasteiger partial charge in [0.1, 0.15) is 23.2 Å². The highest BCUT2D eigenvalue weighted by atomic mass is 32.1. The molecule has 10 heteroatoms. The number of aromatic nitrogens is 4. The molecule has 0 fully saturated rings. The minimum absolute atomic E-state index is 0.0597. The predicted octanol–water partition coefficient (Wildman–Crippen LogP) is 6.66. The van der Waals surface area contributed by atoms with Gasteiger partial charge in [0, 0.05) is 23.7 Å². The number of hydrogen-bond donors (Lipinski definition) is 0. The molecular weight excluding hydrogens is 480 g/mol. The molecule has 2 aromatic heterocycles. The topological polar surface area (TPSA) is 52.8 Å². The van der Waals surface area contributed by atoms with Gasteiger partial charge in [0.25, 0.3) is 0 Å². The number of hydrogen-bond acceptors (Lipinski definition) is 5. The van der Waals surface area contributed by atoms with Crippen molar-refractivity contribution in [2.24, 2.45) is 0 Å². The van der Waals surface area contributed by atoms with E-state index in [1.807, 2.05) is 40.5 Å². The molecule has 0 amide bonds. The smallest absolute Gasteiger partial charge is 0.416 e. The number of rotatable bonds is 10. The molecule has 2 aromatic carbocycles. The van der Waals surface area contributed by atoms with Crippen molar-refractivity contribution in [1.29, 1.82) is 0 Å². The number of nitrogens with zero attached hydrogens (tertiary/aromatic N) is 4. The zero-order valence-electron chi connectivity index (χ0n) is 18.6. The Kier molecular flexibility index (Phi) is 7.91. The summed E-state index contributed by atoms with van der Waals surface area (Å²) in [6.45, 7) is 1.13. The van der Waals surface area contributed by atoms with E-state index in [0.29, 0.717) is 16.8 Å². The molecule has 4 rings (SSSR count). The van der Waals surface area contributed by atoms with Crippen molar-refractivity contribution in [1.82, 2.24) is 20.0 Å². The van der Waals surface area contributed by atoms with Crippen molar-refractivity contribution in [3.8, 4) is 5.75 Å². The van der Waals surface area contributed by atoms with Crippen molar-refractivity contribution in [2.45, 2.75) is 38.6 Å². The molecule has 2 heterocycles. The Morgan fingerprint density at radius 1 is 1.03 bits per heavy atom. The highest BCUT2D eigenvalue weighted by Gasteiger charge is 2.30. The second-order valence-electron chi connectivity index (χ2n) is 7.80. The van der Waals surface area contributed by atoms with E-state index in [0.717, 1.165) is 43.7 Å². The fourth-order valence-corrected chi connectivity index (χ4v) is 4.02. The number of unbranched alkanes of at least 4 members (excludes halogenated alkanes) is 1. The second-order valence-corrected chi connectivity index (χ2v) is 8.69. The van der Waals surface area contributed by atoms with Crippen LogP contribution in [-0.4, -0.2) is 20.0 Å². The highest BCUT2D eigenvalue weighted by Crippen LogP contribution is 2.30. The molecule has 5 nitrogen and oxygen atoms in total. The van der Waals surface area contributed by atoms with E-state index in [4.69, 9.17) is 4.74 Å². The monoisotopic (exact) mass is 502 g/mol. The van der Waals surface area contributed by atoms with Crippen molar-refractivity contribution >= 4 is 23.5 Å². The molecule has 182 valence electrons. The number of halogens is 4. The fourth-order valence-electron chi connectivity index (χ4n) is 3.33. The molecule has 0 radical (unpaired) electrons. The van der Waals surface area contributed by atoms with E-state index in [1.54, 1.807) is 12.3 Å². The summed E-state index contributed by atoms with van der Waals surface area (Å²) >= 11 is 1.34. The van der Waals surface area contributed by atoms with E-state index in [2.05, 4.69) is 15.3 Å². The number of ether oxygens (including phenoxy) is 1. The molecular formula is C25H22F4N4OS. The molecule has 0 aliphatic carbocycles. The molecule has 0 unspecified atom stereocenters. The lowest BCUT2D eigenvalue weighted by Crippen LogP contribution is -2.05. The SMILES string of the molecule is Fc1cc(C(F)(F)F)ccc1C=Cc1nc(COc2ccc(CCCCn3ccnn3)cc2)cs1. The van der Waals surface area contributed by atoms with Gasteiger partial charge >= 0.3 is 6.18 Å². The Labute approximate surface area is 203 Å². The molecule has 0 N–H and O–H groups in total. The summed E-state index contributed by atoms with van der Waals surface area (Å²) in [5, 5.41) is 10.2. The zero-order valence-corrected chi connectivity index (χ0v) is 19.4. The van der Waals surface area contributed by atoms with E-state index in [1.165, 1.54) is 23.0 Å². The van der Waals surface area contributed by atoms with Crippen LogP contribution in [0, 0.1) is 5.82 Å². The maximum atomic E-state index is 14.0. The fraction of sp³-hybridized carbons (Fsp3) is 0.240. The van der Waals surface area contributed by atoms with Crippen LogP contribution in [0.15, 0.2) is 60.2 Å². The van der Waals surface area contributed by atoms with Crippen molar-refractivity contribution < 1.29 is 22.3 Å². The first-order chi connectivity index (χ1) is 16.9. The van der Waals surface area contributed by atoms with E-state index < -0.39 is 17.6 Å². The molecule has 0 bridgehead atoms. The molecule has 0 atom stereocenters. The lowest BCUT2D eigenvalue weighted by Gasteiger charge is -2.07. The number of aryl methyl sites for hydroxylation is 2. The average Bonchev–Trinajstić information content (AvgIpc) is 3.52. The Morgan fingerprint density at radius 3 is 2.57 bits per heavy atom. The van der Waals surface area contributed by atoms with Gasteiger partial charge in [0.15, 0.2) is 0 Å². The van der Waals surface area contributed by atoms with Gasteiger partial charge < -0.3 is 4.74 Å². The normalized spacial score (nSPS) is 11.9. The van der Waals surface area contributed by atoms with Crippen LogP contribution in [0.4, 0.5) is 17.6 Å². The summed E-state index contributed by atoms with van der Waals surface area (Å²) < 4.78 is 59.6.